The Morgan fingerprint density at radius 1 is 1.06 bits per heavy atom. The molecule has 1 atom stereocenters. The first-order chi connectivity index (χ1) is 8.61. The van der Waals surface area contributed by atoms with Crippen LogP contribution in [0, 0.1) is 12.7 Å². The Bertz CT molecular complexity index is 531. The van der Waals surface area contributed by atoms with Gasteiger partial charge in [-0.05, 0) is 41.7 Å². The summed E-state index contributed by atoms with van der Waals surface area (Å²) in [6.45, 7) is 3.83. The lowest BCUT2D eigenvalue weighted by atomic mass is 9.99. The molecule has 0 amide bonds. The van der Waals surface area contributed by atoms with E-state index in [2.05, 4.69) is 6.92 Å². The van der Waals surface area contributed by atoms with Crippen LogP contribution in [0.25, 0.3) is 11.1 Å². The molecule has 0 aliphatic heterocycles. The molecule has 0 aliphatic carbocycles. The molecule has 0 spiro atoms. The van der Waals surface area contributed by atoms with Gasteiger partial charge in [-0.15, -0.1) is 0 Å². The Balaban J connectivity index is 2.31. The average Bonchev–Trinajstić information content (AvgIpc) is 2.41. The second-order valence-electron chi connectivity index (χ2n) is 4.60. The number of benzene rings is 2. The first-order valence-electron chi connectivity index (χ1n) is 6.24. The van der Waals surface area contributed by atoms with E-state index in [1.807, 2.05) is 30.3 Å². The monoisotopic (exact) mass is 243 g/mol. The maximum absolute atomic E-state index is 13.5. The Morgan fingerprint density at radius 2 is 1.67 bits per heavy atom. The summed E-state index contributed by atoms with van der Waals surface area (Å²) in [6, 6.07) is 13.4. The number of aryl methyl sites for hydroxylation is 1. The van der Waals surface area contributed by atoms with Gasteiger partial charge in [-0.25, -0.2) is 4.39 Å². The summed E-state index contributed by atoms with van der Waals surface area (Å²) in [5.41, 5.74) is 9.67. The molecule has 0 aromatic heterocycles. The molecule has 2 aromatic rings. The number of rotatable bonds is 3. The predicted octanol–water partition coefficient (Wildman–Crippen LogP) is 4.21. The summed E-state index contributed by atoms with van der Waals surface area (Å²) in [6.07, 6.45) is 0.915. The van der Waals surface area contributed by atoms with Crippen molar-refractivity contribution in [2.24, 2.45) is 5.73 Å². The maximum atomic E-state index is 13.5. The van der Waals surface area contributed by atoms with Gasteiger partial charge < -0.3 is 5.73 Å². The zero-order valence-corrected chi connectivity index (χ0v) is 10.8. The Hall–Kier alpha value is -1.67. The minimum Gasteiger partial charge on any atom is -0.324 e. The van der Waals surface area contributed by atoms with E-state index in [0.29, 0.717) is 5.56 Å². The minimum atomic E-state index is -0.165. The predicted molar refractivity (Wildman–Crippen MR) is 73.8 cm³/mol. The van der Waals surface area contributed by atoms with Gasteiger partial charge in [0.25, 0.3) is 0 Å². The summed E-state index contributed by atoms with van der Waals surface area (Å²) in [7, 11) is 0. The van der Waals surface area contributed by atoms with Crippen molar-refractivity contribution in [3.05, 3.63) is 59.4 Å². The van der Waals surface area contributed by atoms with Gasteiger partial charge in [-0.1, -0.05) is 43.3 Å². The first-order valence-corrected chi connectivity index (χ1v) is 6.24. The first kappa shape index (κ1) is 12.8. The third kappa shape index (κ3) is 2.59. The fourth-order valence-corrected chi connectivity index (χ4v) is 1.93. The van der Waals surface area contributed by atoms with Crippen LogP contribution in [0.1, 0.15) is 30.5 Å². The van der Waals surface area contributed by atoms with Gasteiger partial charge in [0.2, 0.25) is 0 Å². The molecule has 2 aromatic carbocycles. The molecule has 0 aliphatic rings. The van der Waals surface area contributed by atoms with Crippen LogP contribution < -0.4 is 5.73 Å². The SMILES string of the molecule is CCC(N)c1ccc(-c2ccc(C)c(F)c2)cc1. The van der Waals surface area contributed by atoms with Crippen molar-refractivity contribution in [3.8, 4) is 11.1 Å². The van der Waals surface area contributed by atoms with Crippen molar-refractivity contribution in [2.45, 2.75) is 26.3 Å². The normalized spacial score (nSPS) is 12.4. The fraction of sp³-hybridized carbons (Fsp3) is 0.250. The molecular weight excluding hydrogens is 225 g/mol. The molecular formula is C16H18FN. The molecule has 0 bridgehead atoms. The van der Waals surface area contributed by atoms with Gasteiger partial charge in [0.15, 0.2) is 0 Å². The fourth-order valence-electron chi connectivity index (χ4n) is 1.93. The largest absolute Gasteiger partial charge is 0.324 e. The average molecular weight is 243 g/mol. The Labute approximate surface area is 107 Å². The number of hydrogen-bond donors (Lipinski definition) is 1. The molecule has 2 heteroatoms. The van der Waals surface area contributed by atoms with E-state index in [1.54, 1.807) is 19.1 Å². The third-order valence-electron chi connectivity index (χ3n) is 3.28. The molecule has 0 radical (unpaired) electrons. The molecule has 18 heavy (non-hydrogen) atoms. The van der Waals surface area contributed by atoms with E-state index >= 15 is 0 Å². The highest BCUT2D eigenvalue weighted by Crippen LogP contribution is 2.24. The van der Waals surface area contributed by atoms with Crippen LogP contribution in [0.4, 0.5) is 4.39 Å². The lowest BCUT2D eigenvalue weighted by molar-refractivity contribution is 0.619. The number of hydrogen-bond acceptors (Lipinski definition) is 1. The van der Waals surface area contributed by atoms with Crippen molar-refractivity contribution in [1.29, 1.82) is 0 Å². The molecule has 0 saturated carbocycles. The molecule has 2 N–H and O–H groups in total. The number of halogens is 1. The standard InChI is InChI=1S/C16H18FN/c1-3-16(18)13-8-6-12(7-9-13)14-5-4-11(2)15(17)10-14/h4-10,16H,3,18H2,1-2H3. The van der Waals surface area contributed by atoms with Crippen LogP contribution >= 0.6 is 0 Å². The van der Waals surface area contributed by atoms with E-state index in [1.165, 1.54) is 0 Å². The highest BCUT2D eigenvalue weighted by atomic mass is 19.1. The zero-order chi connectivity index (χ0) is 13.1. The van der Waals surface area contributed by atoms with Crippen molar-refractivity contribution >= 4 is 0 Å². The molecule has 0 heterocycles. The second kappa shape index (κ2) is 5.32. The summed E-state index contributed by atoms with van der Waals surface area (Å²) in [4.78, 5) is 0. The van der Waals surface area contributed by atoms with Crippen LogP contribution in [0.2, 0.25) is 0 Å². The zero-order valence-electron chi connectivity index (χ0n) is 10.8. The third-order valence-corrected chi connectivity index (χ3v) is 3.28. The van der Waals surface area contributed by atoms with Gasteiger partial charge in [0.1, 0.15) is 5.82 Å². The maximum Gasteiger partial charge on any atom is 0.126 e. The molecule has 94 valence electrons. The molecule has 0 fully saturated rings. The summed E-state index contributed by atoms with van der Waals surface area (Å²) in [5, 5.41) is 0. The molecule has 1 unspecified atom stereocenters. The minimum absolute atomic E-state index is 0.0776. The van der Waals surface area contributed by atoms with Crippen LogP contribution in [-0.2, 0) is 0 Å². The van der Waals surface area contributed by atoms with E-state index in [-0.39, 0.29) is 11.9 Å². The highest BCUT2D eigenvalue weighted by Gasteiger charge is 2.05. The quantitative estimate of drug-likeness (QED) is 0.858. The van der Waals surface area contributed by atoms with Gasteiger partial charge in [0, 0.05) is 6.04 Å². The summed E-state index contributed by atoms with van der Waals surface area (Å²) >= 11 is 0. The van der Waals surface area contributed by atoms with E-state index in [4.69, 9.17) is 5.73 Å². The van der Waals surface area contributed by atoms with E-state index in [9.17, 15) is 4.39 Å². The van der Waals surface area contributed by atoms with Gasteiger partial charge in [0.05, 0.1) is 0 Å². The topological polar surface area (TPSA) is 26.0 Å². The molecule has 2 rings (SSSR count). The lowest BCUT2D eigenvalue weighted by Gasteiger charge is -2.10. The van der Waals surface area contributed by atoms with E-state index < -0.39 is 0 Å². The van der Waals surface area contributed by atoms with Crippen LogP contribution in [0.5, 0.6) is 0 Å². The van der Waals surface area contributed by atoms with Crippen molar-refractivity contribution in [2.75, 3.05) is 0 Å². The van der Waals surface area contributed by atoms with Gasteiger partial charge >= 0.3 is 0 Å². The Morgan fingerprint density at radius 3 is 2.22 bits per heavy atom. The Kier molecular flexibility index (Phi) is 3.78. The summed E-state index contributed by atoms with van der Waals surface area (Å²) < 4.78 is 13.5. The van der Waals surface area contributed by atoms with Crippen LogP contribution in [0.15, 0.2) is 42.5 Å². The van der Waals surface area contributed by atoms with Crippen molar-refractivity contribution in [3.63, 3.8) is 0 Å². The summed E-state index contributed by atoms with van der Waals surface area (Å²) in [5.74, 6) is -0.165. The van der Waals surface area contributed by atoms with Gasteiger partial charge in [-0.3, -0.25) is 0 Å². The van der Waals surface area contributed by atoms with E-state index in [0.717, 1.165) is 23.1 Å². The lowest BCUT2D eigenvalue weighted by Crippen LogP contribution is -2.08. The molecule has 0 saturated heterocycles. The smallest absolute Gasteiger partial charge is 0.126 e. The van der Waals surface area contributed by atoms with Crippen LogP contribution in [-0.4, -0.2) is 0 Å². The van der Waals surface area contributed by atoms with Crippen molar-refractivity contribution < 1.29 is 4.39 Å². The second-order valence-corrected chi connectivity index (χ2v) is 4.60. The number of nitrogens with two attached hydrogens (primary N) is 1. The highest BCUT2D eigenvalue weighted by molar-refractivity contribution is 5.64. The van der Waals surface area contributed by atoms with Gasteiger partial charge in [-0.2, -0.15) is 0 Å². The molecule has 1 nitrogen and oxygen atoms in total. The van der Waals surface area contributed by atoms with Crippen molar-refractivity contribution in [1.82, 2.24) is 0 Å². The van der Waals surface area contributed by atoms with Crippen LogP contribution in [0.3, 0.4) is 0 Å².